The van der Waals surface area contributed by atoms with Crippen molar-refractivity contribution in [2.24, 2.45) is 5.92 Å². The molecule has 0 bridgehead atoms. The Morgan fingerprint density at radius 3 is 2.48 bits per heavy atom. The Balaban J connectivity index is 1.23. The molecular formula is C25H30N4O4. The number of likely N-dealkylation sites (tertiary alicyclic amines) is 1. The van der Waals surface area contributed by atoms with Crippen molar-refractivity contribution in [2.45, 2.75) is 64.0 Å². The second kappa shape index (κ2) is 8.32. The van der Waals surface area contributed by atoms with E-state index in [1.54, 1.807) is 11.0 Å². The first-order valence-electron chi connectivity index (χ1n) is 11.9. The molecule has 33 heavy (non-hydrogen) atoms. The van der Waals surface area contributed by atoms with Crippen LogP contribution in [0.5, 0.6) is 0 Å². The summed E-state index contributed by atoms with van der Waals surface area (Å²) in [5.74, 6) is 0.407. The molecular weight excluding hydrogens is 420 g/mol. The Morgan fingerprint density at radius 1 is 1.18 bits per heavy atom. The highest BCUT2D eigenvalue weighted by Gasteiger charge is 2.55. The number of imide groups is 1. The van der Waals surface area contributed by atoms with Crippen molar-refractivity contribution >= 4 is 17.8 Å². The summed E-state index contributed by atoms with van der Waals surface area (Å²) < 4.78 is 5.25. The van der Waals surface area contributed by atoms with Crippen molar-refractivity contribution in [1.82, 2.24) is 20.3 Å². The molecule has 1 unspecified atom stereocenters. The first kappa shape index (κ1) is 21.7. The van der Waals surface area contributed by atoms with Crippen LogP contribution >= 0.6 is 0 Å². The van der Waals surface area contributed by atoms with Gasteiger partial charge in [0.1, 0.15) is 11.3 Å². The molecule has 1 atom stereocenters. The van der Waals surface area contributed by atoms with Gasteiger partial charge in [0, 0.05) is 31.6 Å². The number of amides is 4. The Hall–Kier alpha value is -3.16. The summed E-state index contributed by atoms with van der Waals surface area (Å²) in [6, 6.07) is 9.41. The van der Waals surface area contributed by atoms with Gasteiger partial charge < -0.3 is 14.7 Å². The number of hydrogen-bond acceptors (Lipinski definition) is 5. The molecule has 2 aliphatic heterocycles. The molecule has 0 saturated carbocycles. The minimum Gasteiger partial charge on any atom is -0.361 e. The highest BCUT2D eigenvalue weighted by atomic mass is 16.5. The van der Waals surface area contributed by atoms with Crippen LogP contribution in [0.15, 0.2) is 34.9 Å². The van der Waals surface area contributed by atoms with E-state index in [0.29, 0.717) is 44.5 Å². The lowest BCUT2D eigenvalue weighted by Crippen LogP contribution is -2.55. The highest BCUT2D eigenvalue weighted by Crippen LogP contribution is 2.36. The largest absolute Gasteiger partial charge is 0.361 e. The summed E-state index contributed by atoms with van der Waals surface area (Å²) in [5.41, 5.74) is 1.81. The summed E-state index contributed by atoms with van der Waals surface area (Å²) >= 11 is 0. The molecule has 1 aromatic carbocycles. The second-order valence-corrected chi connectivity index (χ2v) is 9.63. The van der Waals surface area contributed by atoms with E-state index in [9.17, 15) is 14.4 Å². The van der Waals surface area contributed by atoms with E-state index < -0.39 is 5.54 Å². The Morgan fingerprint density at radius 2 is 1.85 bits per heavy atom. The lowest BCUT2D eigenvalue weighted by atomic mass is 9.78. The maximum atomic E-state index is 13.5. The normalized spacial score (nSPS) is 23.8. The number of hydrogen-bond donors (Lipinski definition) is 1. The van der Waals surface area contributed by atoms with Crippen LogP contribution in [0.1, 0.15) is 60.5 Å². The molecule has 3 aliphatic rings. The number of benzene rings is 1. The summed E-state index contributed by atoms with van der Waals surface area (Å²) in [4.78, 5) is 42.5. The van der Waals surface area contributed by atoms with Crippen LogP contribution in [0.3, 0.4) is 0 Å². The van der Waals surface area contributed by atoms with Gasteiger partial charge in [0.2, 0.25) is 0 Å². The van der Waals surface area contributed by atoms with Gasteiger partial charge >= 0.3 is 6.03 Å². The number of aryl methyl sites for hydroxylation is 1. The van der Waals surface area contributed by atoms with Gasteiger partial charge in [-0.25, -0.2) is 4.79 Å². The van der Waals surface area contributed by atoms with Gasteiger partial charge in [0.15, 0.2) is 5.69 Å². The van der Waals surface area contributed by atoms with Crippen LogP contribution in [-0.2, 0) is 24.1 Å². The minimum absolute atomic E-state index is 0.0280. The quantitative estimate of drug-likeness (QED) is 0.707. The van der Waals surface area contributed by atoms with E-state index >= 15 is 0 Å². The number of nitrogens with zero attached hydrogens (tertiary/aromatic N) is 3. The van der Waals surface area contributed by atoms with Crippen LogP contribution in [0.2, 0.25) is 0 Å². The first-order chi connectivity index (χ1) is 15.9. The van der Waals surface area contributed by atoms with E-state index in [1.165, 1.54) is 16.0 Å². The van der Waals surface area contributed by atoms with Gasteiger partial charge in [-0.15, -0.1) is 0 Å². The molecule has 8 heteroatoms. The molecule has 174 valence electrons. The maximum absolute atomic E-state index is 13.5. The lowest BCUT2D eigenvalue weighted by molar-refractivity contribution is -0.134. The fourth-order valence-corrected chi connectivity index (χ4v) is 5.60. The predicted octanol–water partition coefficient (Wildman–Crippen LogP) is 2.96. The molecule has 0 spiro atoms. The van der Waals surface area contributed by atoms with Gasteiger partial charge in [-0.1, -0.05) is 36.3 Å². The SMILES string of the molecule is CCCc1cc(C(=O)N2CCC(C3(C)NC(=O)N(C4Cc5ccccc5C4)C3=O)CC2)no1. The number of urea groups is 1. The number of fused-ring (bicyclic) bond motifs is 1. The number of aromatic nitrogens is 1. The van der Waals surface area contributed by atoms with Crippen molar-refractivity contribution in [3.63, 3.8) is 0 Å². The van der Waals surface area contributed by atoms with Crippen LogP contribution in [0, 0.1) is 5.92 Å². The van der Waals surface area contributed by atoms with E-state index in [0.717, 1.165) is 18.6 Å². The molecule has 2 saturated heterocycles. The number of carbonyl (C=O) groups excluding carboxylic acids is 3. The second-order valence-electron chi connectivity index (χ2n) is 9.63. The topological polar surface area (TPSA) is 95.8 Å². The summed E-state index contributed by atoms with van der Waals surface area (Å²) in [5, 5.41) is 6.93. The van der Waals surface area contributed by atoms with Crippen LogP contribution in [0.4, 0.5) is 4.79 Å². The average Bonchev–Trinajstić information content (AvgIpc) is 3.50. The minimum atomic E-state index is -0.941. The lowest BCUT2D eigenvalue weighted by Gasteiger charge is -2.38. The number of piperidine rings is 1. The molecule has 3 heterocycles. The third kappa shape index (κ3) is 3.71. The van der Waals surface area contributed by atoms with Crippen LogP contribution in [0.25, 0.3) is 0 Å². The number of nitrogens with one attached hydrogen (secondary N) is 1. The van der Waals surface area contributed by atoms with Gasteiger partial charge in [0.25, 0.3) is 11.8 Å². The molecule has 8 nitrogen and oxygen atoms in total. The molecule has 0 radical (unpaired) electrons. The van der Waals surface area contributed by atoms with E-state index in [2.05, 4.69) is 22.6 Å². The average molecular weight is 451 g/mol. The molecule has 1 aliphatic carbocycles. The molecule has 1 aromatic heterocycles. The first-order valence-corrected chi connectivity index (χ1v) is 11.9. The van der Waals surface area contributed by atoms with Gasteiger partial charge in [-0.2, -0.15) is 0 Å². The molecule has 4 amide bonds. The molecule has 1 N–H and O–H groups in total. The van der Waals surface area contributed by atoms with Crippen molar-refractivity contribution in [3.05, 3.63) is 52.9 Å². The summed E-state index contributed by atoms with van der Waals surface area (Å²) in [6.07, 6.45) is 4.38. The summed E-state index contributed by atoms with van der Waals surface area (Å²) in [7, 11) is 0. The standard InChI is InChI=1S/C25H30N4O4/c1-3-6-20-15-21(27-33-20)22(30)28-11-9-18(10-12-28)25(2)23(31)29(24(32)26-25)19-13-16-7-4-5-8-17(16)14-19/h4-5,7-8,15,18-19H,3,6,9-14H2,1-2H3,(H,26,32). The molecule has 5 rings (SSSR count). The zero-order valence-electron chi connectivity index (χ0n) is 19.2. The fraction of sp³-hybridized carbons (Fsp3) is 0.520. The fourth-order valence-electron chi connectivity index (χ4n) is 5.60. The van der Waals surface area contributed by atoms with E-state index in [-0.39, 0.29) is 29.8 Å². The van der Waals surface area contributed by atoms with Gasteiger partial charge in [-0.05, 0) is 56.1 Å². The van der Waals surface area contributed by atoms with Crippen molar-refractivity contribution in [3.8, 4) is 0 Å². The third-order valence-electron chi connectivity index (χ3n) is 7.52. The van der Waals surface area contributed by atoms with Crippen molar-refractivity contribution in [1.29, 1.82) is 0 Å². The van der Waals surface area contributed by atoms with Gasteiger partial charge in [-0.3, -0.25) is 14.5 Å². The predicted molar refractivity (Wildman–Crippen MR) is 121 cm³/mol. The summed E-state index contributed by atoms with van der Waals surface area (Å²) in [6.45, 7) is 4.93. The zero-order valence-corrected chi connectivity index (χ0v) is 19.2. The van der Waals surface area contributed by atoms with Crippen molar-refractivity contribution in [2.75, 3.05) is 13.1 Å². The highest BCUT2D eigenvalue weighted by molar-refractivity contribution is 6.07. The van der Waals surface area contributed by atoms with Crippen LogP contribution in [-0.4, -0.2) is 57.5 Å². The molecule has 2 aromatic rings. The monoisotopic (exact) mass is 450 g/mol. The molecule has 2 fully saturated rings. The zero-order chi connectivity index (χ0) is 23.2. The Labute approximate surface area is 193 Å². The number of carbonyl (C=O) groups is 3. The van der Waals surface area contributed by atoms with Crippen molar-refractivity contribution < 1.29 is 18.9 Å². The maximum Gasteiger partial charge on any atom is 0.325 e. The Kier molecular flexibility index (Phi) is 5.46. The number of rotatable bonds is 5. The smallest absolute Gasteiger partial charge is 0.325 e. The van der Waals surface area contributed by atoms with E-state index in [1.807, 2.05) is 26.0 Å². The van der Waals surface area contributed by atoms with Crippen LogP contribution < -0.4 is 5.32 Å². The van der Waals surface area contributed by atoms with E-state index in [4.69, 9.17) is 4.52 Å². The Bertz CT molecular complexity index is 1060. The third-order valence-corrected chi connectivity index (χ3v) is 7.52. The van der Waals surface area contributed by atoms with Gasteiger partial charge in [0.05, 0.1) is 0 Å².